The van der Waals surface area contributed by atoms with Crippen LogP contribution in [0.3, 0.4) is 0 Å². The zero-order valence-electron chi connectivity index (χ0n) is 13.4. The topological polar surface area (TPSA) is 60.9 Å². The van der Waals surface area contributed by atoms with Gasteiger partial charge in [-0.15, -0.1) is 0 Å². The molecule has 1 aromatic rings. The smallest absolute Gasteiger partial charge is 0.242 e. The molecule has 3 rings (SSSR count). The predicted molar refractivity (Wildman–Crippen MR) is 87.0 cm³/mol. The maximum Gasteiger partial charge on any atom is 0.242 e. The van der Waals surface area contributed by atoms with Crippen molar-refractivity contribution in [3.05, 3.63) is 29.8 Å². The van der Waals surface area contributed by atoms with Gasteiger partial charge in [0, 0.05) is 19.1 Å². The summed E-state index contributed by atoms with van der Waals surface area (Å²) in [5, 5.41) is 9.47. The molecule has 1 aliphatic heterocycles. The zero-order chi connectivity index (χ0) is 16.2. The number of hydrogen-bond acceptors (Lipinski definition) is 3. The van der Waals surface area contributed by atoms with E-state index in [0.717, 1.165) is 18.4 Å². The second kappa shape index (κ2) is 7.02. The quantitative estimate of drug-likeness (QED) is 0.927. The van der Waals surface area contributed by atoms with Crippen molar-refractivity contribution >= 4 is 11.8 Å². The molecule has 0 bridgehead atoms. The Balaban J connectivity index is 1.56. The van der Waals surface area contributed by atoms with E-state index < -0.39 is 0 Å². The number of nitrogens with zero attached hydrogens (tertiary/aromatic N) is 2. The van der Waals surface area contributed by atoms with Gasteiger partial charge in [-0.25, -0.2) is 0 Å². The number of rotatable bonds is 3. The van der Waals surface area contributed by atoms with Crippen molar-refractivity contribution in [1.29, 1.82) is 0 Å². The Bertz CT molecular complexity index is 581. The third kappa shape index (κ3) is 3.84. The minimum atomic E-state index is -0.0488. The monoisotopic (exact) mass is 316 g/mol. The fourth-order valence-electron chi connectivity index (χ4n) is 3.63. The Morgan fingerprint density at radius 3 is 2.65 bits per heavy atom. The molecule has 1 saturated carbocycles. The Hall–Kier alpha value is -2.04. The van der Waals surface area contributed by atoms with Gasteiger partial charge in [0.15, 0.2) is 0 Å². The molecular weight excluding hydrogens is 292 g/mol. The molecule has 1 saturated heterocycles. The van der Waals surface area contributed by atoms with Crippen molar-refractivity contribution in [2.75, 3.05) is 19.6 Å². The van der Waals surface area contributed by atoms with Crippen LogP contribution in [-0.4, -0.2) is 52.4 Å². The summed E-state index contributed by atoms with van der Waals surface area (Å²) in [4.78, 5) is 28.4. The van der Waals surface area contributed by atoms with Crippen LogP contribution in [0.4, 0.5) is 0 Å². The molecule has 1 aromatic carbocycles. The van der Waals surface area contributed by atoms with Crippen molar-refractivity contribution in [2.45, 2.75) is 44.6 Å². The molecule has 2 fully saturated rings. The van der Waals surface area contributed by atoms with Crippen LogP contribution in [0.25, 0.3) is 0 Å². The molecule has 5 heteroatoms. The van der Waals surface area contributed by atoms with Crippen LogP contribution < -0.4 is 0 Å². The lowest BCUT2D eigenvalue weighted by molar-refractivity contribution is -0.147. The van der Waals surface area contributed by atoms with Gasteiger partial charge in [0.1, 0.15) is 5.75 Å². The lowest BCUT2D eigenvalue weighted by Crippen LogP contribution is -2.56. The summed E-state index contributed by atoms with van der Waals surface area (Å²) >= 11 is 0. The first-order valence-electron chi connectivity index (χ1n) is 8.48. The molecule has 2 amide bonds. The Morgan fingerprint density at radius 1 is 1.17 bits per heavy atom. The van der Waals surface area contributed by atoms with E-state index in [9.17, 15) is 14.7 Å². The summed E-state index contributed by atoms with van der Waals surface area (Å²) in [6.07, 6.45) is 6.10. The Morgan fingerprint density at radius 2 is 1.96 bits per heavy atom. The molecule has 0 atom stereocenters. The summed E-state index contributed by atoms with van der Waals surface area (Å²) in [6, 6.07) is 7.10. The van der Waals surface area contributed by atoms with Crippen LogP contribution in [0, 0.1) is 0 Å². The lowest BCUT2D eigenvalue weighted by atomic mass is 9.93. The Kier molecular flexibility index (Phi) is 4.84. The molecule has 124 valence electrons. The van der Waals surface area contributed by atoms with Gasteiger partial charge in [-0.2, -0.15) is 0 Å². The Labute approximate surface area is 136 Å². The van der Waals surface area contributed by atoms with Crippen LogP contribution in [0.15, 0.2) is 24.3 Å². The summed E-state index contributed by atoms with van der Waals surface area (Å²) in [7, 11) is 0. The highest BCUT2D eigenvalue weighted by Crippen LogP contribution is 2.24. The van der Waals surface area contributed by atoms with Crippen LogP contribution in [0.5, 0.6) is 5.75 Å². The van der Waals surface area contributed by atoms with E-state index in [1.54, 1.807) is 23.1 Å². The van der Waals surface area contributed by atoms with Gasteiger partial charge in [-0.3, -0.25) is 9.59 Å². The molecule has 0 radical (unpaired) electrons. The summed E-state index contributed by atoms with van der Waals surface area (Å²) in [6.45, 7) is 1.45. The molecule has 1 heterocycles. The SMILES string of the molecule is O=C(Cc1cccc(O)c1)N1CCN(C2CCCCC2)C(=O)C1. The van der Waals surface area contributed by atoms with E-state index in [2.05, 4.69) is 0 Å². The number of carbonyl (C=O) groups is 2. The van der Waals surface area contributed by atoms with Crippen LogP contribution >= 0.6 is 0 Å². The molecular formula is C18H24N2O3. The highest BCUT2D eigenvalue weighted by atomic mass is 16.3. The van der Waals surface area contributed by atoms with E-state index in [-0.39, 0.29) is 30.5 Å². The third-order valence-electron chi connectivity index (χ3n) is 4.89. The highest BCUT2D eigenvalue weighted by Gasteiger charge is 2.32. The summed E-state index contributed by atoms with van der Waals surface area (Å²) in [5.74, 6) is 0.188. The largest absolute Gasteiger partial charge is 0.508 e. The maximum absolute atomic E-state index is 12.4. The number of phenolic OH excluding ortho intramolecular Hbond substituents is 1. The number of carbonyl (C=O) groups excluding carboxylic acids is 2. The van der Waals surface area contributed by atoms with Crippen molar-refractivity contribution in [3.63, 3.8) is 0 Å². The second-order valence-electron chi connectivity index (χ2n) is 6.54. The summed E-state index contributed by atoms with van der Waals surface area (Å²) < 4.78 is 0. The number of hydrogen-bond donors (Lipinski definition) is 1. The lowest BCUT2D eigenvalue weighted by Gasteiger charge is -2.40. The van der Waals surface area contributed by atoms with Crippen LogP contribution in [-0.2, 0) is 16.0 Å². The van der Waals surface area contributed by atoms with Crippen molar-refractivity contribution < 1.29 is 14.7 Å². The second-order valence-corrected chi connectivity index (χ2v) is 6.54. The van der Waals surface area contributed by atoms with E-state index in [4.69, 9.17) is 0 Å². The fraction of sp³-hybridized carbons (Fsp3) is 0.556. The minimum absolute atomic E-state index is 0.0488. The van der Waals surface area contributed by atoms with Crippen LogP contribution in [0.2, 0.25) is 0 Å². The van der Waals surface area contributed by atoms with Gasteiger partial charge in [0.2, 0.25) is 11.8 Å². The number of piperazine rings is 1. The summed E-state index contributed by atoms with van der Waals surface area (Å²) in [5.41, 5.74) is 0.775. The average molecular weight is 316 g/mol. The van der Waals surface area contributed by atoms with Gasteiger partial charge >= 0.3 is 0 Å². The number of benzene rings is 1. The van der Waals surface area contributed by atoms with Crippen molar-refractivity contribution in [2.24, 2.45) is 0 Å². The predicted octanol–water partition coefficient (Wildman–Crippen LogP) is 1.94. The van der Waals surface area contributed by atoms with E-state index in [0.29, 0.717) is 19.1 Å². The number of phenols is 1. The van der Waals surface area contributed by atoms with Crippen molar-refractivity contribution in [1.82, 2.24) is 9.80 Å². The van der Waals surface area contributed by atoms with Gasteiger partial charge in [0.25, 0.3) is 0 Å². The van der Waals surface area contributed by atoms with E-state index in [1.165, 1.54) is 19.3 Å². The molecule has 0 unspecified atom stereocenters. The molecule has 1 N–H and O–H groups in total. The normalized spacial score (nSPS) is 19.9. The highest BCUT2D eigenvalue weighted by molar-refractivity contribution is 5.87. The van der Waals surface area contributed by atoms with Gasteiger partial charge in [0.05, 0.1) is 13.0 Å². The molecule has 0 spiro atoms. The molecule has 1 aliphatic carbocycles. The maximum atomic E-state index is 12.4. The first-order chi connectivity index (χ1) is 11.1. The standard InChI is InChI=1S/C18H24N2O3/c21-16-8-4-5-14(11-16)12-17(22)19-9-10-20(18(23)13-19)15-6-2-1-3-7-15/h4-5,8,11,15,21H,1-3,6-7,9-10,12-13H2. The number of aromatic hydroxyl groups is 1. The fourth-order valence-corrected chi connectivity index (χ4v) is 3.63. The molecule has 2 aliphatic rings. The van der Waals surface area contributed by atoms with Gasteiger partial charge < -0.3 is 14.9 Å². The third-order valence-corrected chi connectivity index (χ3v) is 4.89. The van der Waals surface area contributed by atoms with E-state index >= 15 is 0 Å². The zero-order valence-corrected chi connectivity index (χ0v) is 13.4. The molecule has 5 nitrogen and oxygen atoms in total. The van der Waals surface area contributed by atoms with Crippen molar-refractivity contribution in [3.8, 4) is 5.75 Å². The van der Waals surface area contributed by atoms with Crippen LogP contribution in [0.1, 0.15) is 37.7 Å². The number of amides is 2. The minimum Gasteiger partial charge on any atom is -0.508 e. The van der Waals surface area contributed by atoms with Gasteiger partial charge in [-0.1, -0.05) is 31.4 Å². The first-order valence-corrected chi connectivity index (χ1v) is 8.48. The molecule has 0 aromatic heterocycles. The van der Waals surface area contributed by atoms with Gasteiger partial charge in [-0.05, 0) is 30.5 Å². The van der Waals surface area contributed by atoms with E-state index in [1.807, 2.05) is 11.0 Å². The molecule has 23 heavy (non-hydrogen) atoms. The average Bonchev–Trinajstić information content (AvgIpc) is 2.55. The first kappa shape index (κ1) is 15.8.